The second-order valence-corrected chi connectivity index (χ2v) is 4.01. The quantitative estimate of drug-likeness (QED) is 0.662. The number of rotatable bonds is 2. The first-order valence-corrected chi connectivity index (χ1v) is 5.34. The van der Waals surface area contributed by atoms with Gasteiger partial charge < -0.3 is 14.4 Å². The smallest absolute Gasteiger partial charge is 0.0127 e. The molecule has 1 rings (SSSR count). The summed E-state index contributed by atoms with van der Waals surface area (Å²) in [7, 11) is -4.64. The summed E-state index contributed by atoms with van der Waals surface area (Å²) in [6.45, 7) is 1.53. The van der Waals surface area contributed by atoms with Crippen molar-refractivity contribution in [2.45, 2.75) is 6.92 Å². The summed E-state index contributed by atoms with van der Waals surface area (Å²) in [6, 6.07) is 8.33. The van der Waals surface area contributed by atoms with Crippen molar-refractivity contribution in [3.05, 3.63) is 42.0 Å². The van der Waals surface area contributed by atoms with E-state index < -0.39 is 7.60 Å². The van der Waals surface area contributed by atoms with Crippen LogP contribution in [-0.4, -0.2) is 0 Å². The molecule has 0 aromatic heterocycles. The van der Waals surface area contributed by atoms with Crippen molar-refractivity contribution in [3.8, 4) is 0 Å². The fourth-order valence-corrected chi connectivity index (χ4v) is 1.87. The third kappa shape index (κ3) is 2.52. The van der Waals surface area contributed by atoms with Gasteiger partial charge in [0.15, 0.2) is 0 Å². The van der Waals surface area contributed by atoms with Crippen molar-refractivity contribution in [2.24, 2.45) is 0 Å². The summed E-state index contributed by atoms with van der Waals surface area (Å²) in [4.78, 5) is 21.5. The summed E-state index contributed by atoms with van der Waals surface area (Å²) in [6.07, 6.45) is 1.32. The molecule has 0 aliphatic carbocycles. The molecule has 0 radical (unpaired) electrons. The summed E-state index contributed by atoms with van der Waals surface area (Å²) in [5.41, 5.74) is 0.443. The van der Waals surface area contributed by atoms with Gasteiger partial charge in [-0.05, 0) is 25.4 Å². The molecule has 0 amide bonds. The van der Waals surface area contributed by atoms with E-state index in [0.717, 1.165) is 0 Å². The first-order chi connectivity index (χ1) is 6.05. The maximum atomic E-state index is 10.8. The van der Waals surface area contributed by atoms with Crippen molar-refractivity contribution in [3.63, 3.8) is 0 Å². The highest BCUT2D eigenvalue weighted by Gasteiger charge is 2.02. The Bertz CT molecular complexity index is 350. The van der Waals surface area contributed by atoms with Gasteiger partial charge in [-0.1, -0.05) is 36.4 Å². The highest BCUT2D eigenvalue weighted by molar-refractivity contribution is 7.60. The Balaban J connectivity index is 3.15. The van der Waals surface area contributed by atoms with Crippen LogP contribution in [0.15, 0.2) is 36.4 Å². The Morgan fingerprint density at radius 1 is 1.31 bits per heavy atom. The Morgan fingerprint density at radius 2 is 1.85 bits per heavy atom. The fourth-order valence-electron chi connectivity index (χ4n) is 1.09. The summed E-state index contributed by atoms with van der Waals surface area (Å²) in [5.74, 6) is 0. The third-order valence-electron chi connectivity index (χ3n) is 1.64. The van der Waals surface area contributed by atoms with Gasteiger partial charge in [0.1, 0.15) is 0 Å². The SMILES string of the molecule is C/C=C(\c1ccccc1)P(=O)([O-])[O-]. The minimum atomic E-state index is -4.64. The lowest BCUT2D eigenvalue weighted by molar-refractivity contribution is -0.307. The van der Waals surface area contributed by atoms with E-state index in [2.05, 4.69) is 0 Å². The van der Waals surface area contributed by atoms with Crippen LogP contribution in [0.2, 0.25) is 0 Å². The minimum absolute atomic E-state index is 0.145. The number of benzene rings is 1. The van der Waals surface area contributed by atoms with Gasteiger partial charge in [0.05, 0.1) is 0 Å². The number of hydrogen-bond donors (Lipinski definition) is 0. The van der Waals surface area contributed by atoms with Crippen molar-refractivity contribution in [2.75, 3.05) is 0 Å². The van der Waals surface area contributed by atoms with Crippen molar-refractivity contribution in [1.29, 1.82) is 0 Å². The second-order valence-electron chi connectivity index (χ2n) is 2.54. The van der Waals surface area contributed by atoms with Crippen molar-refractivity contribution >= 4 is 12.9 Å². The average Bonchev–Trinajstić information content (AvgIpc) is 2.05. The molecule has 0 N–H and O–H groups in total. The van der Waals surface area contributed by atoms with Gasteiger partial charge in [-0.25, -0.2) is 0 Å². The molecular weight excluding hydrogens is 187 g/mol. The Kier molecular flexibility index (Phi) is 3.04. The number of allylic oxidation sites excluding steroid dienone is 1. The van der Waals surface area contributed by atoms with Gasteiger partial charge in [-0.2, -0.15) is 0 Å². The fraction of sp³-hybridized carbons (Fsp3) is 0.111. The van der Waals surface area contributed by atoms with E-state index >= 15 is 0 Å². The lowest BCUT2D eigenvalue weighted by atomic mass is 10.2. The molecule has 0 fully saturated rings. The summed E-state index contributed by atoms with van der Waals surface area (Å²) in [5, 5.41) is -0.145. The molecule has 1 aromatic carbocycles. The molecule has 0 aliphatic rings. The van der Waals surface area contributed by atoms with E-state index in [0.29, 0.717) is 5.56 Å². The van der Waals surface area contributed by atoms with Gasteiger partial charge in [-0.15, -0.1) is 0 Å². The van der Waals surface area contributed by atoms with E-state index in [1.807, 2.05) is 0 Å². The molecular formula is C9H9O3P-2. The topological polar surface area (TPSA) is 63.2 Å². The average molecular weight is 196 g/mol. The van der Waals surface area contributed by atoms with E-state index in [1.54, 1.807) is 30.3 Å². The molecule has 0 heterocycles. The number of hydrogen-bond acceptors (Lipinski definition) is 3. The van der Waals surface area contributed by atoms with E-state index in [4.69, 9.17) is 0 Å². The molecule has 4 heteroatoms. The molecule has 70 valence electrons. The predicted molar refractivity (Wildman–Crippen MR) is 47.7 cm³/mol. The molecule has 13 heavy (non-hydrogen) atoms. The normalized spacial score (nSPS) is 13.0. The van der Waals surface area contributed by atoms with Crippen LogP contribution in [-0.2, 0) is 4.57 Å². The van der Waals surface area contributed by atoms with Crippen LogP contribution in [0, 0.1) is 0 Å². The zero-order chi connectivity index (χ0) is 9.90. The largest absolute Gasteiger partial charge is 0.807 e. The lowest BCUT2D eigenvalue weighted by Gasteiger charge is -2.32. The van der Waals surface area contributed by atoms with Crippen LogP contribution >= 0.6 is 7.60 Å². The van der Waals surface area contributed by atoms with Crippen LogP contribution in [0.25, 0.3) is 5.31 Å². The first-order valence-electron chi connectivity index (χ1n) is 3.80. The molecule has 0 spiro atoms. The molecule has 3 nitrogen and oxygen atoms in total. The van der Waals surface area contributed by atoms with Crippen LogP contribution < -0.4 is 9.79 Å². The first kappa shape index (κ1) is 10.2. The van der Waals surface area contributed by atoms with Gasteiger partial charge >= 0.3 is 0 Å². The van der Waals surface area contributed by atoms with Crippen molar-refractivity contribution in [1.82, 2.24) is 0 Å². The van der Waals surface area contributed by atoms with Crippen LogP contribution in [0.1, 0.15) is 12.5 Å². The van der Waals surface area contributed by atoms with Gasteiger partial charge in [0.2, 0.25) is 0 Å². The predicted octanol–water partition coefficient (Wildman–Crippen LogP) is 0.961. The maximum Gasteiger partial charge on any atom is -0.0127 e. The molecule has 0 aliphatic heterocycles. The maximum absolute atomic E-state index is 10.8. The Hall–Kier alpha value is -0.890. The second kappa shape index (κ2) is 3.88. The standard InChI is InChI=1S/C9H11O3P/c1-2-9(13(10,11)12)8-6-4-3-5-7-8/h2-7H,1H3,(H2,10,11,12)/p-2/b9-2+. The highest BCUT2D eigenvalue weighted by atomic mass is 31.2. The molecule has 0 atom stereocenters. The van der Waals surface area contributed by atoms with Crippen LogP contribution in [0.5, 0.6) is 0 Å². The van der Waals surface area contributed by atoms with Crippen molar-refractivity contribution < 1.29 is 14.4 Å². The highest BCUT2D eigenvalue weighted by Crippen LogP contribution is 2.42. The van der Waals surface area contributed by atoms with Crippen LogP contribution in [0.4, 0.5) is 0 Å². The Labute approximate surface area is 76.9 Å². The molecule has 0 saturated carbocycles. The lowest BCUT2D eigenvalue weighted by Crippen LogP contribution is -2.14. The summed E-state index contributed by atoms with van der Waals surface area (Å²) >= 11 is 0. The van der Waals surface area contributed by atoms with E-state index in [9.17, 15) is 14.4 Å². The van der Waals surface area contributed by atoms with E-state index in [1.165, 1.54) is 13.0 Å². The minimum Gasteiger partial charge on any atom is -0.807 e. The summed E-state index contributed by atoms with van der Waals surface area (Å²) < 4.78 is 10.8. The Morgan fingerprint density at radius 3 is 2.23 bits per heavy atom. The van der Waals surface area contributed by atoms with Crippen LogP contribution in [0.3, 0.4) is 0 Å². The monoisotopic (exact) mass is 196 g/mol. The molecule has 0 unspecified atom stereocenters. The van der Waals surface area contributed by atoms with Gasteiger partial charge in [-0.3, -0.25) is 0 Å². The van der Waals surface area contributed by atoms with Gasteiger partial charge in [0, 0.05) is 0 Å². The molecule has 0 saturated heterocycles. The third-order valence-corrected chi connectivity index (χ3v) is 2.74. The molecule has 0 bridgehead atoms. The van der Waals surface area contributed by atoms with E-state index in [-0.39, 0.29) is 5.31 Å². The van der Waals surface area contributed by atoms with Gasteiger partial charge in [0.25, 0.3) is 0 Å². The molecule has 1 aromatic rings. The zero-order valence-corrected chi connectivity index (χ0v) is 8.03. The zero-order valence-electron chi connectivity index (χ0n) is 7.14.